The molecule has 3 rings (SSSR count). The lowest BCUT2D eigenvalue weighted by Crippen LogP contribution is -2.42. The third-order valence-electron chi connectivity index (χ3n) is 4.99. The summed E-state index contributed by atoms with van der Waals surface area (Å²) >= 11 is 3.35. The van der Waals surface area contributed by atoms with Crippen molar-refractivity contribution >= 4 is 21.6 Å². The van der Waals surface area contributed by atoms with Crippen molar-refractivity contribution in [3.8, 4) is 0 Å². The fourth-order valence-electron chi connectivity index (χ4n) is 3.80. The van der Waals surface area contributed by atoms with Gasteiger partial charge in [-0.1, -0.05) is 25.3 Å². The molecule has 1 heterocycles. The minimum Gasteiger partial charge on any atom is -0.369 e. The van der Waals surface area contributed by atoms with E-state index in [9.17, 15) is 4.39 Å². The molecule has 2 aliphatic rings. The molecule has 2 nitrogen and oxygen atoms in total. The quantitative estimate of drug-likeness (QED) is 0.879. The fourth-order valence-corrected chi connectivity index (χ4v) is 4.30. The molecule has 1 saturated heterocycles. The third-order valence-corrected chi connectivity index (χ3v) is 5.85. The maximum absolute atomic E-state index is 14.5. The molecule has 2 atom stereocenters. The van der Waals surface area contributed by atoms with Crippen molar-refractivity contribution in [2.75, 3.05) is 18.0 Å². The zero-order chi connectivity index (χ0) is 14.1. The Bertz CT molecular complexity index is 492. The van der Waals surface area contributed by atoms with Gasteiger partial charge in [0.2, 0.25) is 0 Å². The van der Waals surface area contributed by atoms with Crippen LogP contribution in [0.4, 0.5) is 10.1 Å². The van der Waals surface area contributed by atoms with Gasteiger partial charge in [-0.3, -0.25) is 0 Å². The molecule has 20 heavy (non-hydrogen) atoms. The molecule has 0 spiro atoms. The highest BCUT2D eigenvalue weighted by atomic mass is 79.9. The SMILES string of the molecule is NCc1ccc(N2CCC3CCCCC3C2)c(F)c1Br. The molecule has 1 aromatic rings. The van der Waals surface area contributed by atoms with E-state index >= 15 is 0 Å². The van der Waals surface area contributed by atoms with Crippen LogP contribution in [0.5, 0.6) is 0 Å². The summed E-state index contributed by atoms with van der Waals surface area (Å²) in [5, 5.41) is 0. The molecule has 2 N–H and O–H groups in total. The molecule has 0 aromatic heterocycles. The van der Waals surface area contributed by atoms with E-state index in [0.29, 0.717) is 11.0 Å². The van der Waals surface area contributed by atoms with E-state index in [4.69, 9.17) is 5.73 Å². The van der Waals surface area contributed by atoms with Gasteiger partial charge in [-0.25, -0.2) is 4.39 Å². The molecule has 0 amide bonds. The standard InChI is InChI=1S/C16H22BrFN2/c17-15-12(9-19)5-6-14(16(15)18)20-8-7-11-3-1-2-4-13(11)10-20/h5-6,11,13H,1-4,7-10,19H2. The molecule has 0 bridgehead atoms. The number of hydrogen-bond donors (Lipinski definition) is 1. The van der Waals surface area contributed by atoms with Gasteiger partial charge in [0, 0.05) is 19.6 Å². The van der Waals surface area contributed by atoms with Gasteiger partial charge in [-0.05, 0) is 52.2 Å². The van der Waals surface area contributed by atoms with E-state index in [1.165, 1.54) is 32.1 Å². The highest BCUT2D eigenvalue weighted by molar-refractivity contribution is 9.10. The molecule has 2 unspecified atom stereocenters. The second-order valence-corrected chi connectivity index (χ2v) is 6.91. The van der Waals surface area contributed by atoms with Gasteiger partial charge in [0.05, 0.1) is 10.2 Å². The highest BCUT2D eigenvalue weighted by Crippen LogP contribution is 2.39. The van der Waals surface area contributed by atoms with Crippen LogP contribution < -0.4 is 10.6 Å². The van der Waals surface area contributed by atoms with E-state index in [1.54, 1.807) is 0 Å². The van der Waals surface area contributed by atoms with Crippen molar-refractivity contribution in [3.05, 3.63) is 28.0 Å². The number of rotatable bonds is 2. The van der Waals surface area contributed by atoms with Crippen molar-refractivity contribution < 1.29 is 4.39 Å². The zero-order valence-corrected chi connectivity index (χ0v) is 13.3. The summed E-state index contributed by atoms with van der Waals surface area (Å²) < 4.78 is 15.0. The number of nitrogens with two attached hydrogens (primary N) is 1. The van der Waals surface area contributed by atoms with Gasteiger partial charge in [0.25, 0.3) is 0 Å². The molecule has 1 aliphatic carbocycles. The van der Waals surface area contributed by atoms with Crippen LogP contribution in [0.1, 0.15) is 37.7 Å². The first-order chi connectivity index (χ1) is 9.70. The summed E-state index contributed by atoms with van der Waals surface area (Å²) in [6.45, 7) is 2.35. The number of fused-ring (bicyclic) bond motifs is 1. The van der Waals surface area contributed by atoms with E-state index in [-0.39, 0.29) is 5.82 Å². The Hall–Kier alpha value is -0.610. The lowest BCUT2D eigenvalue weighted by molar-refractivity contribution is 0.202. The summed E-state index contributed by atoms with van der Waals surface area (Å²) in [5.74, 6) is 1.47. The number of anilines is 1. The first-order valence-corrected chi connectivity index (χ1v) is 8.42. The van der Waals surface area contributed by atoms with Gasteiger partial charge in [-0.2, -0.15) is 0 Å². The van der Waals surface area contributed by atoms with Crippen LogP contribution in [-0.4, -0.2) is 13.1 Å². The molecular formula is C16H22BrFN2. The summed E-state index contributed by atoms with van der Waals surface area (Å²) in [4.78, 5) is 2.23. The Kier molecular flexibility index (Phi) is 4.32. The first kappa shape index (κ1) is 14.3. The maximum atomic E-state index is 14.5. The van der Waals surface area contributed by atoms with Crippen molar-refractivity contribution in [1.29, 1.82) is 0 Å². The predicted octanol–water partition coefficient (Wildman–Crippen LogP) is 4.06. The first-order valence-electron chi connectivity index (χ1n) is 7.62. The monoisotopic (exact) mass is 340 g/mol. The smallest absolute Gasteiger partial charge is 0.160 e. The van der Waals surface area contributed by atoms with Crippen molar-refractivity contribution in [2.45, 2.75) is 38.6 Å². The van der Waals surface area contributed by atoms with Crippen LogP contribution in [0.3, 0.4) is 0 Å². The van der Waals surface area contributed by atoms with Gasteiger partial charge < -0.3 is 10.6 Å². The highest BCUT2D eigenvalue weighted by Gasteiger charge is 2.32. The van der Waals surface area contributed by atoms with Crippen molar-refractivity contribution in [3.63, 3.8) is 0 Å². The summed E-state index contributed by atoms with van der Waals surface area (Å²) in [6.07, 6.45) is 6.61. The number of piperidine rings is 1. The summed E-state index contributed by atoms with van der Waals surface area (Å²) in [7, 11) is 0. The van der Waals surface area contributed by atoms with Crippen LogP contribution in [0, 0.1) is 17.7 Å². The second-order valence-electron chi connectivity index (χ2n) is 6.12. The van der Waals surface area contributed by atoms with Gasteiger partial charge in [0.15, 0.2) is 5.82 Å². The average Bonchev–Trinajstić information content (AvgIpc) is 2.49. The molecule has 2 fully saturated rings. The number of hydrogen-bond acceptors (Lipinski definition) is 2. The van der Waals surface area contributed by atoms with Crippen LogP contribution in [0.15, 0.2) is 16.6 Å². The van der Waals surface area contributed by atoms with Crippen LogP contribution in [0.25, 0.3) is 0 Å². The third kappa shape index (κ3) is 2.60. The zero-order valence-electron chi connectivity index (χ0n) is 11.7. The normalized spacial score (nSPS) is 26.4. The van der Waals surface area contributed by atoms with E-state index in [2.05, 4.69) is 20.8 Å². The van der Waals surface area contributed by atoms with E-state index in [0.717, 1.165) is 36.2 Å². The molecule has 1 aliphatic heterocycles. The Morgan fingerprint density at radius 2 is 1.95 bits per heavy atom. The molecular weight excluding hydrogens is 319 g/mol. The number of halogens is 2. The maximum Gasteiger partial charge on any atom is 0.160 e. The molecule has 110 valence electrons. The van der Waals surface area contributed by atoms with Gasteiger partial charge in [0.1, 0.15) is 0 Å². The molecule has 1 aromatic carbocycles. The largest absolute Gasteiger partial charge is 0.369 e. The van der Waals surface area contributed by atoms with Gasteiger partial charge >= 0.3 is 0 Å². The Morgan fingerprint density at radius 1 is 1.20 bits per heavy atom. The molecule has 4 heteroatoms. The van der Waals surface area contributed by atoms with Crippen LogP contribution >= 0.6 is 15.9 Å². The number of benzene rings is 1. The lowest BCUT2D eigenvalue weighted by atomic mass is 9.75. The number of nitrogens with zero attached hydrogens (tertiary/aromatic N) is 1. The van der Waals surface area contributed by atoms with E-state index < -0.39 is 0 Å². The Balaban J connectivity index is 1.81. The summed E-state index contributed by atoms with van der Waals surface area (Å²) in [5.41, 5.74) is 7.19. The minimum atomic E-state index is -0.151. The summed E-state index contributed by atoms with van der Waals surface area (Å²) in [6, 6.07) is 3.83. The van der Waals surface area contributed by atoms with Crippen molar-refractivity contribution in [2.24, 2.45) is 17.6 Å². The molecule has 1 saturated carbocycles. The van der Waals surface area contributed by atoms with Gasteiger partial charge in [-0.15, -0.1) is 0 Å². The molecule has 0 radical (unpaired) electrons. The van der Waals surface area contributed by atoms with Crippen LogP contribution in [-0.2, 0) is 6.54 Å². The Labute approximate surface area is 128 Å². The van der Waals surface area contributed by atoms with E-state index in [1.807, 2.05) is 12.1 Å². The van der Waals surface area contributed by atoms with Crippen LogP contribution in [0.2, 0.25) is 0 Å². The van der Waals surface area contributed by atoms with Crippen molar-refractivity contribution in [1.82, 2.24) is 0 Å². The topological polar surface area (TPSA) is 29.3 Å². The Morgan fingerprint density at radius 3 is 2.70 bits per heavy atom. The lowest BCUT2D eigenvalue weighted by Gasteiger charge is -2.42. The minimum absolute atomic E-state index is 0.151. The fraction of sp³-hybridized carbons (Fsp3) is 0.625. The predicted molar refractivity (Wildman–Crippen MR) is 84.3 cm³/mol. The average molecular weight is 341 g/mol. The second kappa shape index (κ2) is 6.02.